The van der Waals surface area contributed by atoms with E-state index in [4.69, 9.17) is 0 Å². The van der Waals surface area contributed by atoms with Crippen molar-refractivity contribution in [2.75, 3.05) is 0 Å². The molecule has 1 atom stereocenters. The minimum Gasteiger partial charge on any atom is -0.389 e. The second-order valence-electron chi connectivity index (χ2n) is 3.12. The van der Waals surface area contributed by atoms with Gasteiger partial charge in [-0.25, -0.2) is 0 Å². The van der Waals surface area contributed by atoms with Crippen LogP contribution in [0.2, 0.25) is 0 Å². The summed E-state index contributed by atoms with van der Waals surface area (Å²) < 4.78 is 9.18. The van der Waals surface area contributed by atoms with Gasteiger partial charge < -0.3 is 5.11 Å². The van der Waals surface area contributed by atoms with Crippen LogP contribution in [0.3, 0.4) is 0 Å². The molecule has 2 aromatic rings. The van der Waals surface area contributed by atoms with Crippen LogP contribution in [0.4, 0.5) is 5.69 Å². The summed E-state index contributed by atoms with van der Waals surface area (Å²) in [5.41, 5.74) is 1.75. The van der Waals surface area contributed by atoms with E-state index in [2.05, 4.69) is 45.8 Å². The molecule has 0 saturated carbocycles. The second-order valence-corrected chi connectivity index (χ2v) is 5.23. The average molecular weight is 367 g/mol. The Labute approximate surface area is 111 Å². The third-order valence-corrected chi connectivity index (χ3v) is 4.20. The van der Waals surface area contributed by atoms with Gasteiger partial charge in [0.05, 0.1) is 26.8 Å². The molecule has 16 heavy (non-hydrogen) atoms. The largest absolute Gasteiger partial charge is 0.389 e. The lowest BCUT2D eigenvalue weighted by Gasteiger charge is -2.11. The number of hydrogen-bond acceptors (Lipinski definition) is 6. The number of hydrogen-bond donors (Lipinski definition) is 1. The van der Waals surface area contributed by atoms with E-state index in [9.17, 15) is 10.0 Å². The Hall–Kier alpha value is -0.440. The fraction of sp³-hybridized carbons (Fsp3) is 0.250. The van der Waals surface area contributed by atoms with Gasteiger partial charge in [-0.3, -0.25) is 0 Å². The van der Waals surface area contributed by atoms with E-state index in [1.807, 2.05) is 0 Å². The molecule has 1 unspecified atom stereocenters. The van der Waals surface area contributed by atoms with E-state index in [1.54, 1.807) is 6.92 Å². The van der Waals surface area contributed by atoms with E-state index in [-0.39, 0.29) is 5.69 Å². The lowest BCUT2D eigenvalue weighted by atomic mass is 10.1. The topological polar surface area (TPSA) is 75.4 Å². The van der Waals surface area contributed by atoms with Crippen LogP contribution in [-0.4, -0.2) is 13.9 Å². The number of nitrogens with zero attached hydrogens (tertiary/aromatic N) is 3. The molecular formula is C8H5Br2N3O2S. The number of aliphatic hydroxyl groups is 1. The molecule has 1 heterocycles. The lowest BCUT2D eigenvalue weighted by molar-refractivity contribution is 0.199. The summed E-state index contributed by atoms with van der Waals surface area (Å²) in [5, 5.41) is 12.6. The van der Waals surface area contributed by atoms with Crippen molar-refractivity contribution in [1.29, 1.82) is 0 Å². The van der Waals surface area contributed by atoms with Crippen LogP contribution in [0.25, 0.3) is 11.0 Å². The van der Waals surface area contributed by atoms with Crippen molar-refractivity contribution in [2.24, 2.45) is 5.18 Å². The van der Waals surface area contributed by atoms with Crippen LogP contribution in [0, 0.1) is 4.91 Å². The quantitative estimate of drug-likeness (QED) is 0.822. The average Bonchev–Trinajstić information content (AvgIpc) is 2.71. The Balaban J connectivity index is 2.96. The Morgan fingerprint density at radius 1 is 1.31 bits per heavy atom. The van der Waals surface area contributed by atoms with Crippen LogP contribution in [0.1, 0.15) is 18.6 Å². The summed E-state index contributed by atoms with van der Waals surface area (Å²) in [6.45, 7) is 1.56. The maximum atomic E-state index is 10.8. The molecule has 1 N–H and O–H groups in total. The molecule has 0 saturated heterocycles. The van der Waals surface area contributed by atoms with Crippen LogP contribution in [0.5, 0.6) is 0 Å². The van der Waals surface area contributed by atoms with Crippen molar-refractivity contribution < 1.29 is 5.11 Å². The first-order chi connectivity index (χ1) is 7.57. The van der Waals surface area contributed by atoms with E-state index in [0.717, 1.165) is 11.7 Å². The Morgan fingerprint density at radius 2 is 1.88 bits per heavy atom. The maximum absolute atomic E-state index is 10.8. The number of aliphatic hydroxyl groups excluding tert-OH is 1. The van der Waals surface area contributed by atoms with Crippen molar-refractivity contribution >= 4 is 60.3 Å². The molecule has 2 rings (SSSR count). The molecule has 0 amide bonds. The Kier molecular flexibility index (Phi) is 3.34. The zero-order chi connectivity index (χ0) is 11.9. The summed E-state index contributed by atoms with van der Waals surface area (Å²) in [7, 11) is 0. The molecule has 0 spiro atoms. The van der Waals surface area contributed by atoms with Gasteiger partial charge in [0.1, 0.15) is 16.7 Å². The molecule has 8 heteroatoms. The molecule has 1 aromatic heterocycles. The van der Waals surface area contributed by atoms with Crippen LogP contribution in [-0.2, 0) is 0 Å². The predicted octanol–water partition coefficient (Wildman–Crippen LogP) is 3.67. The molecular weight excluding hydrogens is 362 g/mol. The summed E-state index contributed by atoms with van der Waals surface area (Å²) in [6.07, 6.45) is -0.815. The first-order valence-corrected chi connectivity index (χ1v) is 6.54. The first kappa shape index (κ1) is 12.0. The monoisotopic (exact) mass is 365 g/mol. The zero-order valence-corrected chi connectivity index (χ0v) is 11.9. The van der Waals surface area contributed by atoms with E-state index in [1.165, 1.54) is 0 Å². The van der Waals surface area contributed by atoms with E-state index in [0.29, 0.717) is 25.5 Å². The van der Waals surface area contributed by atoms with Crippen LogP contribution < -0.4 is 0 Å². The highest BCUT2D eigenvalue weighted by Crippen LogP contribution is 2.44. The fourth-order valence-electron chi connectivity index (χ4n) is 1.41. The summed E-state index contributed by atoms with van der Waals surface area (Å²) in [5.74, 6) is 0. The molecule has 0 fully saturated rings. The molecule has 0 aliphatic carbocycles. The Bertz CT molecular complexity index is 570. The van der Waals surface area contributed by atoms with Gasteiger partial charge in [-0.2, -0.15) is 8.75 Å². The van der Waals surface area contributed by atoms with Gasteiger partial charge in [-0.15, -0.1) is 4.91 Å². The van der Waals surface area contributed by atoms with Gasteiger partial charge in [-0.05, 0) is 44.0 Å². The van der Waals surface area contributed by atoms with E-state index >= 15 is 0 Å². The molecule has 0 aliphatic rings. The number of rotatable bonds is 2. The third kappa shape index (κ3) is 1.69. The van der Waals surface area contributed by atoms with Crippen LogP contribution >= 0.6 is 43.6 Å². The normalized spacial score (nSPS) is 13.0. The highest BCUT2D eigenvalue weighted by atomic mass is 79.9. The van der Waals surface area contributed by atoms with Gasteiger partial charge in [0, 0.05) is 5.56 Å². The zero-order valence-electron chi connectivity index (χ0n) is 7.94. The molecule has 1 aromatic carbocycles. The number of aromatic nitrogens is 2. The highest BCUT2D eigenvalue weighted by molar-refractivity contribution is 9.11. The number of nitroso groups, excluding NO2 is 1. The van der Waals surface area contributed by atoms with Crippen molar-refractivity contribution in [1.82, 2.24) is 8.75 Å². The van der Waals surface area contributed by atoms with Gasteiger partial charge in [-0.1, -0.05) is 0 Å². The number of benzene rings is 1. The van der Waals surface area contributed by atoms with Crippen molar-refractivity contribution in [2.45, 2.75) is 13.0 Å². The fourth-order valence-corrected chi connectivity index (χ4v) is 3.56. The summed E-state index contributed by atoms with van der Waals surface area (Å²) >= 11 is 7.60. The summed E-state index contributed by atoms with van der Waals surface area (Å²) in [6, 6.07) is 0. The number of halogens is 2. The molecule has 84 valence electrons. The number of fused-ring (bicyclic) bond motifs is 1. The molecule has 0 bridgehead atoms. The highest BCUT2D eigenvalue weighted by Gasteiger charge is 2.23. The van der Waals surface area contributed by atoms with Gasteiger partial charge in [0.25, 0.3) is 0 Å². The predicted molar refractivity (Wildman–Crippen MR) is 68.9 cm³/mol. The standard InChI is InChI=1S/C8H5Br2N3O2S/c1-2(14)3-4(9)7-8(13-16-12-7)5(10)6(3)11-15/h2,14H,1H3. The second kappa shape index (κ2) is 4.44. The van der Waals surface area contributed by atoms with E-state index < -0.39 is 6.10 Å². The first-order valence-electron chi connectivity index (χ1n) is 4.22. The Morgan fingerprint density at radius 3 is 2.38 bits per heavy atom. The molecule has 0 radical (unpaired) electrons. The molecule has 0 aliphatic heterocycles. The van der Waals surface area contributed by atoms with Crippen molar-refractivity contribution in [3.63, 3.8) is 0 Å². The van der Waals surface area contributed by atoms with Crippen molar-refractivity contribution in [3.05, 3.63) is 19.4 Å². The minimum absolute atomic E-state index is 0.155. The van der Waals surface area contributed by atoms with Gasteiger partial charge in [0.15, 0.2) is 0 Å². The van der Waals surface area contributed by atoms with Crippen LogP contribution in [0.15, 0.2) is 14.1 Å². The van der Waals surface area contributed by atoms with Gasteiger partial charge >= 0.3 is 0 Å². The maximum Gasteiger partial charge on any atom is 0.131 e. The third-order valence-electron chi connectivity index (χ3n) is 2.11. The molecule has 5 nitrogen and oxygen atoms in total. The summed E-state index contributed by atoms with van der Waals surface area (Å²) in [4.78, 5) is 10.8. The minimum atomic E-state index is -0.815. The smallest absolute Gasteiger partial charge is 0.131 e. The van der Waals surface area contributed by atoms with Crippen molar-refractivity contribution in [3.8, 4) is 0 Å². The SMILES string of the molecule is CC(O)c1c(N=O)c(Br)c2nsnc2c1Br. The van der Waals surface area contributed by atoms with Gasteiger partial charge in [0.2, 0.25) is 0 Å². The lowest BCUT2D eigenvalue weighted by Crippen LogP contribution is -1.95.